The average molecular weight is 307 g/mol. The van der Waals surface area contributed by atoms with Crippen LogP contribution in [0, 0.1) is 13.8 Å². The Balaban J connectivity index is 2.15. The van der Waals surface area contributed by atoms with Gasteiger partial charge in [-0.3, -0.25) is 5.10 Å². The summed E-state index contributed by atoms with van der Waals surface area (Å²) in [5.41, 5.74) is 3.70. The molecule has 114 valence electrons. The maximum Gasteiger partial charge on any atom is 0.240 e. The van der Waals surface area contributed by atoms with Crippen molar-refractivity contribution < 1.29 is 8.42 Å². The first-order chi connectivity index (χ1) is 9.81. The summed E-state index contributed by atoms with van der Waals surface area (Å²) in [6.45, 7) is 8.12. The summed E-state index contributed by atoms with van der Waals surface area (Å²) < 4.78 is 27.2. The number of aromatic amines is 1. The predicted molar refractivity (Wildman–Crippen MR) is 82.6 cm³/mol. The highest BCUT2D eigenvalue weighted by molar-refractivity contribution is 7.89. The lowest BCUT2D eigenvalue weighted by molar-refractivity contribution is 0.581. The fourth-order valence-corrected chi connectivity index (χ4v) is 3.11. The van der Waals surface area contributed by atoms with Gasteiger partial charge in [-0.1, -0.05) is 26.0 Å². The number of hydrogen-bond acceptors (Lipinski definition) is 3. The van der Waals surface area contributed by atoms with Gasteiger partial charge in [0.15, 0.2) is 0 Å². The van der Waals surface area contributed by atoms with E-state index < -0.39 is 10.0 Å². The number of sulfonamides is 1. The molecule has 0 saturated carbocycles. The number of hydrogen-bond donors (Lipinski definition) is 2. The third-order valence-electron chi connectivity index (χ3n) is 3.58. The van der Waals surface area contributed by atoms with Gasteiger partial charge in [-0.2, -0.15) is 5.10 Å². The van der Waals surface area contributed by atoms with Crippen LogP contribution >= 0.6 is 0 Å². The molecule has 0 bridgehead atoms. The van der Waals surface area contributed by atoms with Crippen LogP contribution in [-0.4, -0.2) is 18.6 Å². The minimum Gasteiger partial charge on any atom is -0.282 e. The molecule has 5 nitrogen and oxygen atoms in total. The van der Waals surface area contributed by atoms with E-state index in [-0.39, 0.29) is 11.4 Å². The molecule has 0 aliphatic heterocycles. The fraction of sp³-hybridized carbons (Fsp3) is 0.400. The fourth-order valence-electron chi connectivity index (χ4n) is 2.12. The van der Waals surface area contributed by atoms with E-state index in [1.165, 1.54) is 0 Å². The number of aromatic nitrogens is 2. The van der Waals surface area contributed by atoms with Gasteiger partial charge in [0.2, 0.25) is 10.0 Å². The Bertz CT molecular complexity index is 696. The highest BCUT2D eigenvalue weighted by atomic mass is 32.2. The molecular weight excluding hydrogens is 286 g/mol. The van der Waals surface area contributed by atoms with E-state index in [1.54, 1.807) is 12.1 Å². The smallest absolute Gasteiger partial charge is 0.240 e. The van der Waals surface area contributed by atoms with Crippen molar-refractivity contribution >= 4 is 10.0 Å². The first-order valence-electron chi connectivity index (χ1n) is 6.91. The van der Waals surface area contributed by atoms with Crippen LogP contribution in [0.5, 0.6) is 0 Å². The van der Waals surface area contributed by atoms with E-state index in [4.69, 9.17) is 0 Å². The molecule has 2 aromatic rings. The van der Waals surface area contributed by atoms with Gasteiger partial charge in [0.05, 0.1) is 10.6 Å². The summed E-state index contributed by atoms with van der Waals surface area (Å²) in [4.78, 5) is 0.283. The molecule has 0 fully saturated rings. The van der Waals surface area contributed by atoms with E-state index in [0.717, 1.165) is 22.5 Å². The van der Waals surface area contributed by atoms with Crippen LogP contribution in [0.25, 0.3) is 0 Å². The first-order valence-corrected chi connectivity index (χ1v) is 8.39. The molecule has 0 aliphatic rings. The summed E-state index contributed by atoms with van der Waals surface area (Å²) in [6, 6.07) is 7.00. The number of nitrogens with zero attached hydrogens (tertiary/aromatic N) is 1. The second kappa shape index (κ2) is 5.99. The molecule has 0 unspecified atom stereocenters. The molecule has 0 amide bonds. The van der Waals surface area contributed by atoms with Crippen molar-refractivity contribution in [2.75, 3.05) is 0 Å². The molecule has 2 rings (SSSR count). The zero-order chi connectivity index (χ0) is 15.6. The Kier molecular flexibility index (Phi) is 4.49. The van der Waals surface area contributed by atoms with Crippen LogP contribution in [0.1, 0.15) is 42.3 Å². The monoisotopic (exact) mass is 307 g/mol. The van der Waals surface area contributed by atoms with Crippen molar-refractivity contribution in [3.05, 3.63) is 46.8 Å². The third kappa shape index (κ3) is 3.51. The molecule has 1 aromatic carbocycles. The van der Waals surface area contributed by atoms with E-state index >= 15 is 0 Å². The molecule has 0 spiro atoms. The highest BCUT2D eigenvalue weighted by Crippen LogP contribution is 2.18. The lowest BCUT2D eigenvalue weighted by atomic mass is 10.0. The second-order valence-corrected chi connectivity index (χ2v) is 7.23. The topological polar surface area (TPSA) is 74.8 Å². The van der Waals surface area contributed by atoms with Crippen molar-refractivity contribution in [2.45, 2.75) is 45.1 Å². The minimum absolute atomic E-state index is 0.239. The molecular formula is C15H21N3O2S. The third-order valence-corrected chi connectivity index (χ3v) is 4.99. The Morgan fingerprint density at radius 1 is 1.19 bits per heavy atom. The molecule has 0 radical (unpaired) electrons. The summed E-state index contributed by atoms with van der Waals surface area (Å²) in [5, 5.41) is 6.91. The average Bonchev–Trinajstić information content (AvgIpc) is 2.76. The lowest BCUT2D eigenvalue weighted by Crippen LogP contribution is -2.23. The number of aryl methyl sites for hydroxylation is 2. The van der Waals surface area contributed by atoms with Crippen LogP contribution in [0.15, 0.2) is 29.2 Å². The van der Waals surface area contributed by atoms with Gasteiger partial charge in [0.25, 0.3) is 0 Å². The van der Waals surface area contributed by atoms with Crippen molar-refractivity contribution in [2.24, 2.45) is 0 Å². The number of rotatable bonds is 5. The first kappa shape index (κ1) is 15.7. The van der Waals surface area contributed by atoms with Crippen LogP contribution in [0.3, 0.4) is 0 Å². The van der Waals surface area contributed by atoms with E-state index in [0.29, 0.717) is 5.92 Å². The molecule has 2 N–H and O–H groups in total. The Morgan fingerprint density at radius 2 is 1.81 bits per heavy atom. The Hall–Kier alpha value is -1.66. The van der Waals surface area contributed by atoms with Crippen LogP contribution in [0.2, 0.25) is 0 Å². The van der Waals surface area contributed by atoms with Crippen molar-refractivity contribution in [1.82, 2.24) is 14.9 Å². The highest BCUT2D eigenvalue weighted by Gasteiger charge is 2.16. The molecule has 0 aliphatic carbocycles. The van der Waals surface area contributed by atoms with Gasteiger partial charge in [0.1, 0.15) is 0 Å². The van der Waals surface area contributed by atoms with Gasteiger partial charge < -0.3 is 0 Å². The van der Waals surface area contributed by atoms with E-state index in [2.05, 4.69) is 28.8 Å². The van der Waals surface area contributed by atoms with Gasteiger partial charge in [-0.15, -0.1) is 0 Å². The normalized spacial score (nSPS) is 12.0. The second-order valence-electron chi connectivity index (χ2n) is 5.46. The Morgan fingerprint density at radius 3 is 2.29 bits per heavy atom. The van der Waals surface area contributed by atoms with Crippen molar-refractivity contribution in [3.8, 4) is 0 Å². The molecule has 21 heavy (non-hydrogen) atoms. The summed E-state index contributed by atoms with van der Waals surface area (Å²) in [7, 11) is -3.50. The maximum atomic E-state index is 12.3. The minimum atomic E-state index is -3.50. The van der Waals surface area contributed by atoms with Crippen molar-refractivity contribution in [1.29, 1.82) is 0 Å². The zero-order valence-corrected chi connectivity index (χ0v) is 13.6. The molecule has 1 heterocycles. The maximum absolute atomic E-state index is 12.3. The number of nitrogens with one attached hydrogen (secondary N) is 2. The SMILES string of the molecule is Cc1n[nH]c(C)c1CNS(=O)(=O)c1ccc(C(C)C)cc1. The summed E-state index contributed by atoms with van der Waals surface area (Å²) >= 11 is 0. The number of benzene rings is 1. The molecule has 1 aromatic heterocycles. The quantitative estimate of drug-likeness (QED) is 0.891. The van der Waals surface area contributed by atoms with Crippen LogP contribution in [0.4, 0.5) is 0 Å². The van der Waals surface area contributed by atoms with E-state index in [9.17, 15) is 8.42 Å². The van der Waals surface area contributed by atoms with Crippen LogP contribution < -0.4 is 4.72 Å². The van der Waals surface area contributed by atoms with Crippen LogP contribution in [-0.2, 0) is 16.6 Å². The zero-order valence-electron chi connectivity index (χ0n) is 12.8. The summed E-state index contributed by atoms with van der Waals surface area (Å²) in [5.74, 6) is 0.381. The van der Waals surface area contributed by atoms with Gasteiger partial charge in [0, 0.05) is 17.8 Å². The van der Waals surface area contributed by atoms with E-state index in [1.807, 2.05) is 26.0 Å². The molecule has 0 saturated heterocycles. The standard InChI is InChI=1S/C15H21N3O2S/c1-10(2)13-5-7-14(8-6-13)21(19,20)16-9-15-11(3)17-18-12(15)4/h5-8,10,16H,9H2,1-4H3,(H,17,18). The summed E-state index contributed by atoms with van der Waals surface area (Å²) in [6.07, 6.45) is 0. The van der Waals surface area contributed by atoms with Gasteiger partial charge >= 0.3 is 0 Å². The molecule has 0 atom stereocenters. The largest absolute Gasteiger partial charge is 0.282 e. The lowest BCUT2D eigenvalue weighted by Gasteiger charge is -2.09. The number of H-pyrrole nitrogens is 1. The predicted octanol–water partition coefficient (Wildman–Crippen LogP) is 2.63. The Labute approximate surface area is 125 Å². The van der Waals surface area contributed by atoms with Crippen molar-refractivity contribution in [3.63, 3.8) is 0 Å². The van der Waals surface area contributed by atoms with Gasteiger partial charge in [-0.25, -0.2) is 13.1 Å². The molecule has 6 heteroatoms. The van der Waals surface area contributed by atoms with Gasteiger partial charge in [-0.05, 0) is 37.5 Å².